The molecule has 0 aliphatic carbocycles. The number of likely N-dealkylation sites (N-methyl/N-ethyl adjacent to an activating group) is 1. The molecule has 2 N–H and O–H groups in total. The van der Waals surface area contributed by atoms with E-state index in [1.54, 1.807) is 25.1 Å². The third-order valence-corrected chi connectivity index (χ3v) is 2.98. The molecule has 0 bridgehead atoms. The molecule has 0 unspecified atom stereocenters. The van der Waals surface area contributed by atoms with E-state index >= 15 is 0 Å². The van der Waals surface area contributed by atoms with Gasteiger partial charge in [-0.25, -0.2) is 0 Å². The van der Waals surface area contributed by atoms with Crippen LogP contribution in [0.4, 0.5) is 0 Å². The first-order valence-corrected chi connectivity index (χ1v) is 6.25. The van der Waals surface area contributed by atoms with Crippen LogP contribution >= 0.6 is 0 Å². The highest BCUT2D eigenvalue weighted by atomic mass is 16.5. The molecular weight excluding hydrogens is 244 g/mol. The summed E-state index contributed by atoms with van der Waals surface area (Å²) in [4.78, 5) is 13.5. The SMILES string of the molecule is COc1cc(CN)ccc1OCC(=O)N(C)C(C)C. The van der Waals surface area contributed by atoms with E-state index in [-0.39, 0.29) is 18.6 Å². The smallest absolute Gasteiger partial charge is 0.260 e. The summed E-state index contributed by atoms with van der Waals surface area (Å²) in [5.74, 6) is 1.06. The van der Waals surface area contributed by atoms with Crippen LogP contribution in [0, 0.1) is 0 Å². The predicted octanol–water partition coefficient (Wildman–Crippen LogP) is 1.40. The molecule has 0 aliphatic heterocycles. The third-order valence-electron chi connectivity index (χ3n) is 2.98. The van der Waals surface area contributed by atoms with Gasteiger partial charge in [-0.2, -0.15) is 0 Å². The molecule has 0 atom stereocenters. The van der Waals surface area contributed by atoms with Crippen molar-refractivity contribution in [1.29, 1.82) is 0 Å². The molecule has 0 fully saturated rings. The van der Waals surface area contributed by atoms with Crippen LogP contribution in [0.25, 0.3) is 0 Å². The van der Waals surface area contributed by atoms with Crippen LogP contribution in [0.3, 0.4) is 0 Å². The molecule has 0 spiro atoms. The molecule has 0 saturated carbocycles. The number of hydrogen-bond donors (Lipinski definition) is 1. The van der Waals surface area contributed by atoms with Crippen molar-refractivity contribution >= 4 is 5.91 Å². The molecule has 0 aromatic heterocycles. The second-order valence-corrected chi connectivity index (χ2v) is 4.58. The van der Waals surface area contributed by atoms with E-state index in [9.17, 15) is 4.79 Å². The summed E-state index contributed by atoms with van der Waals surface area (Å²) in [6, 6.07) is 5.59. The molecule has 5 nitrogen and oxygen atoms in total. The van der Waals surface area contributed by atoms with Gasteiger partial charge in [0, 0.05) is 19.6 Å². The molecule has 1 amide bonds. The number of carbonyl (C=O) groups excluding carboxylic acids is 1. The van der Waals surface area contributed by atoms with E-state index in [1.807, 2.05) is 26.0 Å². The molecule has 0 saturated heterocycles. The van der Waals surface area contributed by atoms with E-state index in [0.29, 0.717) is 18.0 Å². The zero-order valence-corrected chi connectivity index (χ0v) is 12.0. The Labute approximate surface area is 114 Å². The minimum atomic E-state index is -0.0695. The highest BCUT2D eigenvalue weighted by Gasteiger charge is 2.14. The maximum Gasteiger partial charge on any atom is 0.260 e. The zero-order chi connectivity index (χ0) is 14.4. The summed E-state index contributed by atoms with van der Waals surface area (Å²) < 4.78 is 10.7. The van der Waals surface area contributed by atoms with E-state index in [2.05, 4.69) is 0 Å². The molecular formula is C14H22N2O3. The fourth-order valence-corrected chi connectivity index (χ4v) is 1.49. The summed E-state index contributed by atoms with van der Waals surface area (Å²) in [6.07, 6.45) is 0. The standard InChI is InChI=1S/C14H22N2O3/c1-10(2)16(3)14(17)9-19-12-6-5-11(8-15)7-13(12)18-4/h5-7,10H,8-9,15H2,1-4H3. The van der Waals surface area contributed by atoms with Crippen molar-refractivity contribution in [3.05, 3.63) is 23.8 Å². The number of amides is 1. The van der Waals surface area contributed by atoms with Crippen LogP contribution in [-0.4, -0.2) is 37.6 Å². The van der Waals surface area contributed by atoms with Crippen molar-refractivity contribution in [1.82, 2.24) is 4.90 Å². The van der Waals surface area contributed by atoms with E-state index < -0.39 is 0 Å². The second-order valence-electron chi connectivity index (χ2n) is 4.58. The first kappa shape index (κ1) is 15.3. The lowest BCUT2D eigenvalue weighted by molar-refractivity contribution is -0.133. The van der Waals surface area contributed by atoms with Crippen LogP contribution in [0.1, 0.15) is 19.4 Å². The molecule has 5 heteroatoms. The van der Waals surface area contributed by atoms with Gasteiger partial charge in [-0.05, 0) is 31.5 Å². The number of methoxy groups -OCH3 is 1. The maximum atomic E-state index is 11.8. The maximum absolute atomic E-state index is 11.8. The van der Waals surface area contributed by atoms with Gasteiger partial charge < -0.3 is 20.1 Å². The fraction of sp³-hybridized carbons (Fsp3) is 0.500. The largest absolute Gasteiger partial charge is 0.493 e. The number of hydrogen-bond acceptors (Lipinski definition) is 4. The van der Waals surface area contributed by atoms with Gasteiger partial charge in [-0.15, -0.1) is 0 Å². The van der Waals surface area contributed by atoms with Gasteiger partial charge in [0.1, 0.15) is 0 Å². The molecule has 0 heterocycles. The lowest BCUT2D eigenvalue weighted by Gasteiger charge is -2.21. The first-order valence-electron chi connectivity index (χ1n) is 6.25. The van der Waals surface area contributed by atoms with Crippen LogP contribution in [0.5, 0.6) is 11.5 Å². The summed E-state index contributed by atoms with van der Waals surface area (Å²) in [7, 11) is 3.32. The third kappa shape index (κ3) is 4.13. The Balaban J connectivity index is 2.70. The minimum Gasteiger partial charge on any atom is -0.493 e. The first-order chi connectivity index (χ1) is 8.99. The highest BCUT2D eigenvalue weighted by molar-refractivity contribution is 5.77. The lowest BCUT2D eigenvalue weighted by Crippen LogP contribution is -2.36. The zero-order valence-electron chi connectivity index (χ0n) is 12.0. The van der Waals surface area contributed by atoms with Crippen LogP contribution in [0.2, 0.25) is 0 Å². The Hall–Kier alpha value is -1.75. The minimum absolute atomic E-state index is 0.00693. The molecule has 0 aliphatic rings. The van der Waals surface area contributed by atoms with Crippen molar-refractivity contribution in [2.75, 3.05) is 20.8 Å². The Kier molecular flexibility index (Phi) is 5.63. The van der Waals surface area contributed by atoms with Gasteiger partial charge in [0.25, 0.3) is 5.91 Å². The Morgan fingerprint density at radius 3 is 2.58 bits per heavy atom. The second kappa shape index (κ2) is 6.99. The molecule has 0 radical (unpaired) electrons. The summed E-state index contributed by atoms with van der Waals surface area (Å²) in [6.45, 7) is 4.34. The summed E-state index contributed by atoms with van der Waals surface area (Å²) in [5, 5.41) is 0. The van der Waals surface area contributed by atoms with Gasteiger partial charge in [-0.3, -0.25) is 4.79 Å². The van der Waals surface area contributed by atoms with Crippen LogP contribution in [-0.2, 0) is 11.3 Å². The quantitative estimate of drug-likeness (QED) is 0.845. The monoisotopic (exact) mass is 266 g/mol. The summed E-state index contributed by atoms with van der Waals surface area (Å²) in [5.41, 5.74) is 6.52. The van der Waals surface area contributed by atoms with E-state index in [4.69, 9.17) is 15.2 Å². The predicted molar refractivity (Wildman–Crippen MR) is 74.3 cm³/mol. The normalized spacial score (nSPS) is 10.4. The van der Waals surface area contributed by atoms with Gasteiger partial charge in [0.15, 0.2) is 18.1 Å². The Morgan fingerprint density at radius 1 is 1.37 bits per heavy atom. The Bertz CT molecular complexity index is 433. The van der Waals surface area contributed by atoms with Crippen LogP contribution in [0.15, 0.2) is 18.2 Å². The number of nitrogens with zero attached hydrogens (tertiary/aromatic N) is 1. The number of ether oxygens (including phenoxy) is 2. The summed E-state index contributed by atoms with van der Waals surface area (Å²) >= 11 is 0. The molecule has 1 rings (SSSR count). The van der Waals surface area contributed by atoms with Gasteiger partial charge in [0.05, 0.1) is 7.11 Å². The van der Waals surface area contributed by atoms with Crippen molar-refractivity contribution < 1.29 is 14.3 Å². The van der Waals surface area contributed by atoms with E-state index in [1.165, 1.54) is 0 Å². The van der Waals surface area contributed by atoms with Crippen molar-refractivity contribution in [2.24, 2.45) is 5.73 Å². The number of benzene rings is 1. The average molecular weight is 266 g/mol. The number of nitrogens with two attached hydrogens (primary N) is 1. The molecule has 1 aromatic carbocycles. The average Bonchev–Trinajstić information content (AvgIpc) is 2.43. The van der Waals surface area contributed by atoms with Gasteiger partial charge in [-0.1, -0.05) is 6.07 Å². The highest BCUT2D eigenvalue weighted by Crippen LogP contribution is 2.27. The van der Waals surface area contributed by atoms with Gasteiger partial charge >= 0.3 is 0 Å². The van der Waals surface area contributed by atoms with Crippen LogP contribution < -0.4 is 15.2 Å². The molecule has 106 valence electrons. The topological polar surface area (TPSA) is 64.8 Å². The molecule has 1 aromatic rings. The Morgan fingerprint density at radius 2 is 2.05 bits per heavy atom. The van der Waals surface area contributed by atoms with Crippen molar-refractivity contribution in [2.45, 2.75) is 26.4 Å². The fourth-order valence-electron chi connectivity index (χ4n) is 1.49. The van der Waals surface area contributed by atoms with Crippen molar-refractivity contribution in [3.8, 4) is 11.5 Å². The van der Waals surface area contributed by atoms with Crippen molar-refractivity contribution in [3.63, 3.8) is 0 Å². The number of rotatable bonds is 6. The van der Waals surface area contributed by atoms with E-state index in [0.717, 1.165) is 5.56 Å². The number of carbonyl (C=O) groups is 1. The van der Waals surface area contributed by atoms with Gasteiger partial charge in [0.2, 0.25) is 0 Å². The molecule has 19 heavy (non-hydrogen) atoms. The lowest BCUT2D eigenvalue weighted by atomic mass is 10.2.